The van der Waals surface area contributed by atoms with Crippen LogP contribution in [0.5, 0.6) is 0 Å². The van der Waals surface area contributed by atoms with Crippen molar-refractivity contribution in [3.63, 3.8) is 0 Å². The summed E-state index contributed by atoms with van der Waals surface area (Å²) >= 11 is 0. The van der Waals surface area contributed by atoms with Crippen molar-refractivity contribution in [1.29, 1.82) is 0 Å². The molecule has 0 heterocycles. The number of likely N-dealkylation sites (N-methyl/N-ethyl adjacent to an activating group) is 2. The van der Waals surface area contributed by atoms with Crippen molar-refractivity contribution in [1.82, 2.24) is 15.1 Å². The van der Waals surface area contributed by atoms with E-state index in [2.05, 4.69) is 74.4 Å². The van der Waals surface area contributed by atoms with Crippen molar-refractivity contribution in [2.24, 2.45) is 5.92 Å². The van der Waals surface area contributed by atoms with E-state index in [9.17, 15) is 0 Å². The van der Waals surface area contributed by atoms with Crippen LogP contribution in [0.3, 0.4) is 0 Å². The second-order valence-electron chi connectivity index (χ2n) is 6.71. The highest BCUT2D eigenvalue weighted by molar-refractivity contribution is 5.22. The normalized spacial score (nSPS) is 11.8. The first-order chi connectivity index (χ1) is 9.97. The third-order valence-corrected chi connectivity index (χ3v) is 3.55. The molecule has 3 heteroatoms. The van der Waals surface area contributed by atoms with Crippen LogP contribution in [0.2, 0.25) is 0 Å². The molecule has 0 spiro atoms. The molecule has 1 aromatic rings. The second kappa shape index (κ2) is 9.93. The van der Waals surface area contributed by atoms with Gasteiger partial charge in [0.1, 0.15) is 0 Å². The standard InChI is InChI=1S/C18H33N3/c1-16(2)14-19-11-10-17-6-8-18(9-7-17)15-21(5)13-12-20(3)4/h6-9,16,19H,10-15H2,1-5H3. The van der Waals surface area contributed by atoms with Gasteiger partial charge in [0.05, 0.1) is 0 Å². The maximum absolute atomic E-state index is 3.49. The molecule has 1 rings (SSSR count). The van der Waals surface area contributed by atoms with Crippen molar-refractivity contribution in [2.75, 3.05) is 47.3 Å². The highest BCUT2D eigenvalue weighted by Gasteiger charge is 2.02. The zero-order valence-electron chi connectivity index (χ0n) is 14.5. The molecule has 1 aromatic carbocycles. The molecule has 120 valence electrons. The number of rotatable bonds is 10. The van der Waals surface area contributed by atoms with Gasteiger partial charge in [-0.1, -0.05) is 38.1 Å². The van der Waals surface area contributed by atoms with E-state index in [0.29, 0.717) is 0 Å². The highest BCUT2D eigenvalue weighted by Crippen LogP contribution is 2.07. The van der Waals surface area contributed by atoms with E-state index in [1.54, 1.807) is 0 Å². The van der Waals surface area contributed by atoms with Crippen LogP contribution in [0.25, 0.3) is 0 Å². The summed E-state index contributed by atoms with van der Waals surface area (Å²) < 4.78 is 0. The summed E-state index contributed by atoms with van der Waals surface area (Å²) in [4.78, 5) is 4.60. The molecule has 0 bridgehead atoms. The van der Waals surface area contributed by atoms with Gasteiger partial charge >= 0.3 is 0 Å². The monoisotopic (exact) mass is 291 g/mol. The summed E-state index contributed by atoms with van der Waals surface area (Å²) in [5.41, 5.74) is 2.82. The van der Waals surface area contributed by atoms with Gasteiger partial charge < -0.3 is 15.1 Å². The maximum Gasteiger partial charge on any atom is 0.0231 e. The molecule has 0 aliphatic carbocycles. The van der Waals surface area contributed by atoms with Crippen LogP contribution < -0.4 is 5.32 Å². The Labute approximate surface area is 131 Å². The molecule has 0 saturated heterocycles. The second-order valence-corrected chi connectivity index (χ2v) is 6.71. The lowest BCUT2D eigenvalue weighted by molar-refractivity contribution is 0.276. The molecule has 0 aliphatic heterocycles. The van der Waals surface area contributed by atoms with Crippen LogP contribution in [-0.2, 0) is 13.0 Å². The molecule has 0 aliphatic rings. The molecule has 0 amide bonds. The number of nitrogens with one attached hydrogen (secondary N) is 1. The molecule has 0 atom stereocenters. The topological polar surface area (TPSA) is 18.5 Å². The van der Waals surface area contributed by atoms with Crippen molar-refractivity contribution in [2.45, 2.75) is 26.8 Å². The quantitative estimate of drug-likeness (QED) is 0.668. The van der Waals surface area contributed by atoms with Gasteiger partial charge in [0.25, 0.3) is 0 Å². The van der Waals surface area contributed by atoms with Gasteiger partial charge in [0, 0.05) is 19.6 Å². The van der Waals surface area contributed by atoms with Gasteiger partial charge in [-0.15, -0.1) is 0 Å². The number of nitrogens with zero attached hydrogens (tertiary/aromatic N) is 2. The van der Waals surface area contributed by atoms with E-state index in [0.717, 1.165) is 45.1 Å². The lowest BCUT2D eigenvalue weighted by Crippen LogP contribution is -2.28. The smallest absolute Gasteiger partial charge is 0.0231 e. The number of benzene rings is 1. The third-order valence-electron chi connectivity index (χ3n) is 3.55. The van der Waals surface area contributed by atoms with E-state index in [4.69, 9.17) is 0 Å². The molecule has 0 aromatic heterocycles. The van der Waals surface area contributed by atoms with Crippen LogP contribution in [0, 0.1) is 5.92 Å². The van der Waals surface area contributed by atoms with Gasteiger partial charge in [0.15, 0.2) is 0 Å². The molecule has 21 heavy (non-hydrogen) atoms. The molecule has 0 radical (unpaired) electrons. The van der Waals surface area contributed by atoms with Gasteiger partial charge in [0.2, 0.25) is 0 Å². The minimum absolute atomic E-state index is 0.727. The average Bonchev–Trinajstić information content (AvgIpc) is 2.43. The number of hydrogen-bond acceptors (Lipinski definition) is 3. The average molecular weight is 291 g/mol. The van der Waals surface area contributed by atoms with Crippen LogP contribution in [0.4, 0.5) is 0 Å². The summed E-state index contributed by atoms with van der Waals surface area (Å²) in [6.45, 7) is 9.90. The Morgan fingerprint density at radius 1 is 0.952 bits per heavy atom. The predicted octanol–water partition coefficient (Wildman–Crippen LogP) is 2.47. The first kappa shape index (κ1) is 18.1. The Kier molecular flexibility index (Phi) is 8.58. The van der Waals surface area contributed by atoms with Crippen molar-refractivity contribution in [3.05, 3.63) is 35.4 Å². The highest BCUT2D eigenvalue weighted by atomic mass is 15.1. The Balaban J connectivity index is 2.29. The van der Waals surface area contributed by atoms with Crippen LogP contribution in [0.15, 0.2) is 24.3 Å². The molecule has 0 saturated carbocycles. The van der Waals surface area contributed by atoms with Crippen LogP contribution in [-0.4, -0.2) is 57.1 Å². The lowest BCUT2D eigenvalue weighted by atomic mass is 10.1. The van der Waals surface area contributed by atoms with E-state index in [1.807, 2.05) is 0 Å². The summed E-state index contributed by atoms with van der Waals surface area (Å²) in [6.07, 6.45) is 1.11. The Morgan fingerprint density at radius 3 is 2.14 bits per heavy atom. The molecule has 0 fully saturated rings. The first-order valence-corrected chi connectivity index (χ1v) is 8.09. The zero-order valence-corrected chi connectivity index (χ0v) is 14.5. The lowest BCUT2D eigenvalue weighted by Gasteiger charge is -2.19. The van der Waals surface area contributed by atoms with Crippen molar-refractivity contribution < 1.29 is 0 Å². The molecule has 0 unspecified atom stereocenters. The molecule has 1 N–H and O–H groups in total. The van der Waals surface area contributed by atoms with E-state index in [1.165, 1.54) is 11.1 Å². The fraction of sp³-hybridized carbons (Fsp3) is 0.667. The van der Waals surface area contributed by atoms with Gasteiger partial charge in [-0.25, -0.2) is 0 Å². The summed E-state index contributed by atoms with van der Waals surface area (Å²) in [6, 6.07) is 9.08. The predicted molar refractivity (Wildman–Crippen MR) is 92.7 cm³/mol. The fourth-order valence-electron chi connectivity index (χ4n) is 2.20. The summed E-state index contributed by atoms with van der Waals surface area (Å²) in [5, 5.41) is 3.49. The largest absolute Gasteiger partial charge is 0.316 e. The summed E-state index contributed by atoms with van der Waals surface area (Å²) in [7, 11) is 6.43. The fourth-order valence-corrected chi connectivity index (χ4v) is 2.20. The minimum Gasteiger partial charge on any atom is -0.316 e. The Hall–Kier alpha value is -0.900. The van der Waals surface area contributed by atoms with E-state index < -0.39 is 0 Å². The Morgan fingerprint density at radius 2 is 1.57 bits per heavy atom. The van der Waals surface area contributed by atoms with E-state index >= 15 is 0 Å². The number of hydrogen-bond donors (Lipinski definition) is 1. The van der Waals surface area contributed by atoms with Gasteiger partial charge in [-0.2, -0.15) is 0 Å². The van der Waals surface area contributed by atoms with Crippen molar-refractivity contribution >= 4 is 0 Å². The third kappa shape index (κ3) is 8.86. The minimum atomic E-state index is 0.727. The molecular formula is C18H33N3. The Bertz CT molecular complexity index is 371. The zero-order chi connectivity index (χ0) is 15.7. The van der Waals surface area contributed by atoms with E-state index in [-0.39, 0.29) is 0 Å². The van der Waals surface area contributed by atoms with Crippen molar-refractivity contribution in [3.8, 4) is 0 Å². The maximum atomic E-state index is 3.49. The van der Waals surface area contributed by atoms with Gasteiger partial charge in [-0.05, 0) is 57.7 Å². The summed E-state index contributed by atoms with van der Waals surface area (Å²) in [5.74, 6) is 0.727. The van der Waals surface area contributed by atoms with Gasteiger partial charge in [-0.3, -0.25) is 0 Å². The van der Waals surface area contributed by atoms with Crippen LogP contribution in [0.1, 0.15) is 25.0 Å². The first-order valence-electron chi connectivity index (χ1n) is 8.09. The SMILES string of the molecule is CC(C)CNCCc1ccc(CN(C)CCN(C)C)cc1. The molecular weight excluding hydrogens is 258 g/mol. The van der Waals surface area contributed by atoms with Crippen LogP contribution >= 0.6 is 0 Å². The molecule has 3 nitrogen and oxygen atoms in total.